The van der Waals surface area contributed by atoms with Crippen molar-refractivity contribution < 1.29 is 8.85 Å². The van der Waals surface area contributed by atoms with Crippen LogP contribution in [-0.2, 0) is 8.85 Å². The van der Waals surface area contributed by atoms with Gasteiger partial charge in [-0.25, -0.2) is 0 Å². The molecule has 0 amide bonds. The average Bonchev–Trinajstić information content (AvgIpc) is 1.89. The van der Waals surface area contributed by atoms with Gasteiger partial charge in [0.15, 0.2) is 0 Å². The monoisotopic (exact) mass is 164 g/mol. The van der Waals surface area contributed by atoms with E-state index in [2.05, 4.69) is 0 Å². The molecule has 0 saturated heterocycles. The summed E-state index contributed by atoms with van der Waals surface area (Å²) < 4.78 is 10.3. The highest BCUT2D eigenvalue weighted by molar-refractivity contribution is 6.34. The molecule has 0 rings (SSSR count). The third-order valence-corrected chi connectivity index (χ3v) is 3.51. The van der Waals surface area contributed by atoms with Crippen LogP contribution in [0.5, 0.6) is 0 Å². The highest BCUT2D eigenvalue weighted by Crippen LogP contribution is 1.88. The lowest BCUT2D eigenvalue weighted by Gasteiger charge is -1.98. The lowest BCUT2D eigenvalue weighted by molar-refractivity contribution is 0.148. The van der Waals surface area contributed by atoms with Crippen molar-refractivity contribution in [3.63, 3.8) is 0 Å². The zero-order valence-electron chi connectivity index (χ0n) is 6.35. The van der Waals surface area contributed by atoms with Gasteiger partial charge in [0.1, 0.15) is 20.2 Å². The molecule has 0 N–H and O–H groups in total. The predicted octanol–water partition coefficient (Wildman–Crippen LogP) is -0.788. The highest BCUT2D eigenvalue weighted by atomic mass is 28.3. The molecule has 0 aliphatic heterocycles. The first-order valence-corrected chi connectivity index (χ1v) is 5.88. The smallest absolute Gasteiger partial charge is 0.145 e. The summed E-state index contributed by atoms with van der Waals surface area (Å²) in [6.45, 7) is 3.80. The van der Waals surface area contributed by atoms with Gasteiger partial charge in [0.05, 0.1) is 0 Å². The summed E-state index contributed by atoms with van der Waals surface area (Å²) >= 11 is 0. The van der Waals surface area contributed by atoms with E-state index in [1.165, 1.54) is 12.5 Å². The third kappa shape index (κ3) is 8.35. The van der Waals surface area contributed by atoms with E-state index in [9.17, 15) is 0 Å². The van der Waals surface area contributed by atoms with Crippen molar-refractivity contribution >= 4 is 20.2 Å². The van der Waals surface area contributed by atoms with Crippen LogP contribution in [0.2, 0.25) is 6.04 Å². The van der Waals surface area contributed by atoms with Gasteiger partial charge >= 0.3 is 0 Å². The molecule has 0 aliphatic rings. The molecule has 0 aliphatic carbocycles. The average molecular weight is 164 g/mol. The van der Waals surface area contributed by atoms with Crippen molar-refractivity contribution in [2.24, 2.45) is 0 Å². The molecule has 9 heavy (non-hydrogen) atoms. The summed E-state index contributed by atoms with van der Waals surface area (Å²) in [6, 6.07) is 1.28. The van der Waals surface area contributed by atoms with E-state index >= 15 is 0 Å². The summed E-state index contributed by atoms with van der Waals surface area (Å²) in [6.07, 6.45) is 1.20. The minimum absolute atomic E-state index is 0.125. The maximum Gasteiger partial charge on any atom is 0.145 e. The van der Waals surface area contributed by atoms with Gasteiger partial charge in [-0.15, -0.1) is 0 Å². The van der Waals surface area contributed by atoms with Crippen molar-refractivity contribution in [1.29, 1.82) is 0 Å². The summed E-state index contributed by atoms with van der Waals surface area (Å²) in [5.41, 5.74) is 0. The van der Waals surface area contributed by atoms with Gasteiger partial charge in [0.25, 0.3) is 0 Å². The fourth-order valence-corrected chi connectivity index (χ4v) is 2.16. The van der Waals surface area contributed by atoms with E-state index in [4.69, 9.17) is 8.85 Å². The molecule has 0 fully saturated rings. The van der Waals surface area contributed by atoms with Gasteiger partial charge in [-0.2, -0.15) is 0 Å². The van der Waals surface area contributed by atoms with E-state index in [1.54, 1.807) is 0 Å². The topological polar surface area (TPSA) is 18.5 Å². The molecule has 2 nitrogen and oxygen atoms in total. The Hall–Kier alpha value is 0.354. The molecule has 4 heteroatoms. The van der Waals surface area contributed by atoms with E-state index < -0.39 is 0 Å². The molecule has 0 spiro atoms. The van der Waals surface area contributed by atoms with Crippen LogP contribution < -0.4 is 0 Å². The summed E-state index contributed by atoms with van der Waals surface area (Å²) in [4.78, 5) is 0. The third-order valence-electron chi connectivity index (χ3n) is 1.09. The minimum atomic E-state index is -0.125. The van der Waals surface area contributed by atoms with Gasteiger partial charge < -0.3 is 8.85 Å². The first-order chi connectivity index (χ1) is 4.41. The molecule has 0 aromatic carbocycles. The van der Waals surface area contributed by atoms with Crippen LogP contribution in [0.3, 0.4) is 0 Å². The maximum atomic E-state index is 5.16. The molecule has 56 valence electrons. The van der Waals surface area contributed by atoms with Gasteiger partial charge in [0.2, 0.25) is 0 Å². The minimum Gasteiger partial charge on any atom is -0.468 e. The van der Waals surface area contributed by atoms with Crippen LogP contribution in [0.1, 0.15) is 13.3 Å². The quantitative estimate of drug-likeness (QED) is 0.378. The molecule has 0 bridgehead atoms. The second-order valence-corrected chi connectivity index (χ2v) is 5.32. The Morgan fingerprint density at radius 3 is 2.89 bits per heavy atom. The van der Waals surface area contributed by atoms with Crippen molar-refractivity contribution in [3.8, 4) is 0 Å². The molecule has 0 radical (unpaired) electrons. The molecule has 0 saturated carbocycles. The lowest BCUT2D eigenvalue weighted by atomic mass is 10.5. The van der Waals surface area contributed by atoms with E-state index in [0.717, 1.165) is 23.7 Å². The lowest BCUT2D eigenvalue weighted by Crippen LogP contribution is -1.98. The van der Waals surface area contributed by atoms with E-state index in [-0.39, 0.29) is 9.76 Å². The second kappa shape index (κ2) is 8.35. The fraction of sp³-hybridized carbons (Fsp3) is 1.00. The highest BCUT2D eigenvalue weighted by Gasteiger charge is 1.86. The Morgan fingerprint density at radius 2 is 2.33 bits per heavy atom. The molecule has 0 aromatic rings. The molecule has 0 aromatic heterocycles. The maximum absolute atomic E-state index is 5.16. The van der Waals surface area contributed by atoms with Crippen molar-refractivity contribution in [3.05, 3.63) is 0 Å². The largest absolute Gasteiger partial charge is 0.468 e. The van der Waals surface area contributed by atoms with Crippen LogP contribution in [0.25, 0.3) is 0 Å². The van der Waals surface area contributed by atoms with Crippen LogP contribution in [0, 0.1) is 0 Å². The number of hydrogen-bond donors (Lipinski definition) is 0. The molecule has 0 atom stereocenters. The Kier molecular flexibility index (Phi) is 8.68. The van der Waals surface area contributed by atoms with Gasteiger partial charge in [-0.3, -0.25) is 0 Å². The normalized spacial score (nSPS) is 11.7. The zero-order chi connectivity index (χ0) is 6.95. The molecular formula is C5H16O2Si2. The molecular weight excluding hydrogens is 148 g/mol. The van der Waals surface area contributed by atoms with Crippen molar-refractivity contribution in [2.45, 2.75) is 19.4 Å². The number of ether oxygens (including phenoxy) is 1. The molecule has 0 heterocycles. The van der Waals surface area contributed by atoms with Crippen LogP contribution in [-0.4, -0.2) is 33.5 Å². The van der Waals surface area contributed by atoms with Gasteiger partial charge in [-0.1, -0.05) is 0 Å². The second-order valence-electron chi connectivity index (χ2n) is 1.90. The fourth-order valence-electron chi connectivity index (χ4n) is 0.595. The number of rotatable bonds is 6. The van der Waals surface area contributed by atoms with Crippen molar-refractivity contribution in [1.82, 2.24) is 0 Å². The first-order valence-electron chi connectivity index (χ1n) is 3.48. The number of hydrogen-bond acceptors (Lipinski definition) is 2. The summed E-state index contributed by atoms with van der Waals surface area (Å²) in [7, 11) is 0.805. The SMILES string of the molecule is CCOCCC[SiH2]O[SiH3]. The van der Waals surface area contributed by atoms with E-state index in [0.29, 0.717) is 0 Å². The zero-order valence-corrected chi connectivity index (χ0v) is 9.77. The summed E-state index contributed by atoms with van der Waals surface area (Å²) in [5.74, 6) is 0. The van der Waals surface area contributed by atoms with Crippen LogP contribution in [0.15, 0.2) is 0 Å². The van der Waals surface area contributed by atoms with Gasteiger partial charge in [-0.05, 0) is 19.4 Å². The van der Waals surface area contributed by atoms with E-state index in [1.807, 2.05) is 6.92 Å². The van der Waals surface area contributed by atoms with Crippen LogP contribution in [0.4, 0.5) is 0 Å². The Labute approximate surface area is 62.4 Å². The standard InChI is InChI=1S/C5H16O2Si2/c1-2-6-4-3-5-9-7-8/h2-5,9H2,1,8H3. The predicted molar refractivity (Wildman–Crippen MR) is 45.5 cm³/mol. The summed E-state index contributed by atoms with van der Waals surface area (Å²) in [5, 5.41) is 0. The Balaban J connectivity index is 2.60. The Morgan fingerprint density at radius 1 is 1.56 bits per heavy atom. The van der Waals surface area contributed by atoms with Crippen LogP contribution >= 0.6 is 0 Å². The van der Waals surface area contributed by atoms with Gasteiger partial charge in [0, 0.05) is 13.2 Å². The first kappa shape index (κ1) is 9.35. The molecule has 0 unspecified atom stereocenters. The van der Waals surface area contributed by atoms with Crippen molar-refractivity contribution in [2.75, 3.05) is 13.2 Å². The Bertz CT molecular complexity index is 46.2.